The van der Waals surface area contributed by atoms with Crippen LogP contribution in [-0.4, -0.2) is 32.4 Å². The maximum atomic E-state index is 6.32. The van der Waals surface area contributed by atoms with Crippen molar-refractivity contribution in [3.63, 3.8) is 0 Å². The molecule has 2 saturated heterocycles. The van der Waals surface area contributed by atoms with Gasteiger partial charge in [0.1, 0.15) is 5.54 Å². The van der Waals surface area contributed by atoms with Gasteiger partial charge in [-0.1, -0.05) is 0 Å². The van der Waals surface area contributed by atoms with Crippen LogP contribution in [0.4, 0.5) is 0 Å². The van der Waals surface area contributed by atoms with Gasteiger partial charge in [0.05, 0.1) is 12.2 Å². The molecule has 0 radical (unpaired) electrons. The van der Waals surface area contributed by atoms with E-state index in [4.69, 9.17) is 10.5 Å². The minimum absolute atomic E-state index is 0.0946. The van der Waals surface area contributed by atoms with E-state index < -0.39 is 5.54 Å². The number of tetrazole rings is 1. The highest BCUT2D eigenvalue weighted by Crippen LogP contribution is 2.44. The monoisotopic (exact) mass is 195 g/mol. The molecule has 0 spiro atoms. The predicted molar refractivity (Wildman–Crippen MR) is 47.2 cm³/mol. The SMILES string of the molecule is Cn1nnnc1C1(N)CC2CCC1O2. The molecule has 0 saturated carbocycles. The molecule has 3 atom stereocenters. The third-order valence-corrected chi connectivity index (χ3v) is 3.28. The van der Waals surface area contributed by atoms with E-state index in [-0.39, 0.29) is 6.10 Å². The lowest BCUT2D eigenvalue weighted by molar-refractivity contribution is 0.0827. The molecule has 0 aromatic carbocycles. The molecule has 0 aliphatic carbocycles. The Morgan fingerprint density at radius 2 is 2.43 bits per heavy atom. The van der Waals surface area contributed by atoms with Crippen LogP contribution in [0.5, 0.6) is 0 Å². The van der Waals surface area contributed by atoms with Crippen molar-refractivity contribution in [2.24, 2.45) is 12.8 Å². The Bertz CT molecular complexity index is 364. The Balaban J connectivity index is 2.02. The second-order valence-electron chi connectivity index (χ2n) is 4.19. The first-order valence-corrected chi connectivity index (χ1v) is 4.87. The molecule has 1 aromatic heterocycles. The topological polar surface area (TPSA) is 78.9 Å². The Kier molecular flexibility index (Phi) is 1.49. The first-order chi connectivity index (χ1) is 6.70. The lowest BCUT2D eigenvalue weighted by Gasteiger charge is -2.28. The van der Waals surface area contributed by atoms with Gasteiger partial charge in [-0.05, 0) is 23.3 Å². The van der Waals surface area contributed by atoms with Crippen molar-refractivity contribution in [1.29, 1.82) is 0 Å². The molecule has 76 valence electrons. The molecule has 3 unspecified atom stereocenters. The number of fused-ring (bicyclic) bond motifs is 2. The average molecular weight is 195 g/mol. The first kappa shape index (κ1) is 8.31. The zero-order valence-corrected chi connectivity index (χ0v) is 8.05. The zero-order chi connectivity index (χ0) is 9.76. The van der Waals surface area contributed by atoms with E-state index in [9.17, 15) is 0 Å². The predicted octanol–water partition coefficient (Wildman–Crippen LogP) is -0.685. The summed E-state index contributed by atoms with van der Waals surface area (Å²) in [6, 6.07) is 0. The van der Waals surface area contributed by atoms with Gasteiger partial charge in [-0.2, -0.15) is 0 Å². The van der Waals surface area contributed by atoms with Crippen LogP contribution in [0.1, 0.15) is 25.1 Å². The Labute approximate surface area is 81.4 Å². The van der Waals surface area contributed by atoms with E-state index in [1.165, 1.54) is 0 Å². The molecule has 2 aliphatic rings. The van der Waals surface area contributed by atoms with E-state index >= 15 is 0 Å². The number of aryl methyl sites for hydroxylation is 1. The van der Waals surface area contributed by atoms with Gasteiger partial charge in [-0.25, -0.2) is 4.68 Å². The van der Waals surface area contributed by atoms with Gasteiger partial charge in [-0.3, -0.25) is 0 Å². The van der Waals surface area contributed by atoms with Crippen molar-refractivity contribution in [1.82, 2.24) is 20.2 Å². The highest BCUT2D eigenvalue weighted by atomic mass is 16.5. The molecule has 0 amide bonds. The van der Waals surface area contributed by atoms with Crippen LogP contribution in [-0.2, 0) is 17.3 Å². The molecule has 6 nitrogen and oxygen atoms in total. The second kappa shape index (κ2) is 2.52. The van der Waals surface area contributed by atoms with Gasteiger partial charge in [0.25, 0.3) is 0 Å². The van der Waals surface area contributed by atoms with E-state index in [2.05, 4.69) is 15.5 Å². The molecular formula is C8H13N5O. The summed E-state index contributed by atoms with van der Waals surface area (Å²) in [4.78, 5) is 0. The van der Waals surface area contributed by atoms with Crippen LogP contribution in [0, 0.1) is 0 Å². The van der Waals surface area contributed by atoms with Crippen molar-refractivity contribution in [2.75, 3.05) is 0 Å². The summed E-state index contributed by atoms with van der Waals surface area (Å²) in [5.74, 6) is 0.740. The summed E-state index contributed by atoms with van der Waals surface area (Å²) in [7, 11) is 1.82. The number of nitrogens with zero attached hydrogens (tertiary/aromatic N) is 4. The summed E-state index contributed by atoms with van der Waals surface area (Å²) in [6.07, 6.45) is 3.38. The molecule has 6 heteroatoms. The van der Waals surface area contributed by atoms with Crippen LogP contribution >= 0.6 is 0 Å². The summed E-state index contributed by atoms with van der Waals surface area (Å²) in [5, 5.41) is 11.4. The minimum atomic E-state index is -0.471. The van der Waals surface area contributed by atoms with Gasteiger partial charge in [0, 0.05) is 13.5 Å². The normalized spacial score (nSPS) is 40.7. The number of ether oxygens (including phenoxy) is 1. The smallest absolute Gasteiger partial charge is 0.173 e. The van der Waals surface area contributed by atoms with E-state index in [0.717, 1.165) is 25.1 Å². The van der Waals surface area contributed by atoms with Crippen molar-refractivity contribution < 1.29 is 4.74 Å². The van der Waals surface area contributed by atoms with Crippen molar-refractivity contribution >= 4 is 0 Å². The highest BCUT2D eigenvalue weighted by Gasteiger charge is 2.53. The molecule has 3 heterocycles. The number of hydrogen-bond acceptors (Lipinski definition) is 5. The fraction of sp³-hybridized carbons (Fsp3) is 0.875. The van der Waals surface area contributed by atoms with E-state index in [0.29, 0.717) is 6.10 Å². The maximum absolute atomic E-state index is 6.32. The summed E-state index contributed by atoms with van der Waals surface area (Å²) < 4.78 is 7.38. The van der Waals surface area contributed by atoms with Crippen LogP contribution in [0.3, 0.4) is 0 Å². The number of hydrogen-bond donors (Lipinski definition) is 1. The first-order valence-electron chi connectivity index (χ1n) is 4.87. The lowest BCUT2D eigenvalue weighted by atomic mass is 9.82. The van der Waals surface area contributed by atoms with E-state index in [1.54, 1.807) is 4.68 Å². The van der Waals surface area contributed by atoms with Gasteiger partial charge >= 0.3 is 0 Å². The number of nitrogens with two attached hydrogens (primary N) is 1. The zero-order valence-electron chi connectivity index (χ0n) is 8.05. The maximum Gasteiger partial charge on any atom is 0.173 e. The van der Waals surface area contributed by atoms with Crippen LogP contribution in [0.2, 0.25) is 0 Å². The highest BCUT2D eigenvalue weighted by molar-refractivity contribution is 5.14. The lowest BCUT2D eigenvalue weighted by Crippen LogP contribution is -2.47. The molecule has 2 aliphatic heterocycles. The molecule has 3 rings (SSSR count). The number of rotatable bonds is 1. The van der Waals surface area contributed by atoms with Crippen LogP contribution < -0.4 is 5.73 Å². The Morgan fingerprint density at radius 1 is 1.57 bits per heavy atom. The number of aromatic nitrogens is 4. The van der Waals surface area contributed by atoms with Gasteiger partial charge < -0.3 is 10.5 Å². The Morgan fingerprint density at radius 3 is 2.93 bits per heavy atom. The van der Waals surface area contributed by atoms with Gasteiger partial charge in [-0.15, -0.1) is 5.10 Å². The molecule has 2 fully saturated rings. The van der Waals surface area contributed by atoms with Gasteiger partial charge in [0.2, 0.25) is 0 Å². The van der Waals surface area contributed by atoms with Crippen LogP contribution in [0.15, 0.2) is 0 Å². The second-order valence-corrected chi connectivity index (χ2v) is 4.19. The molecule has 2 bridgehead atoms. The molecule has 14 heavy (non-hydrogen) atoms. The van der Waals surface area contributed by atoms with Crippen molar-refractivity contribution in [3.8, 4) is 0 Å². The molecular weight excluding hydrogens is 182 g/mol. The quantitative estimate of drug-likeness (QED) is 0.642. The van der Waals surface area contributed by atoms with Crippen molar-refractivity contribution in [3.05, 3.63) is 5.82 Å². The minimum Gasteiger partial charge on any atom is -0.372 e. The molecule has 2 N–H and O–H groups in total. The third kappa shape index (κ3) is 0.896. The fourth-order valence-corrected chi connectivity index (χ4v) is 2.60. The fourth-order valence-electron chi connectivity index (χ4n) is 2.60. The summed E-state index contributed by atoms with van der Waals surface area (Å²) in [6.45, 7) is 0. The van der Waals surface area contributed by atoms with E-state index in [1.807, 2.05) is 7.05 Å². The van der Waals surface area contributed by atoms with Gasteiger partial charge in [0.15, 0.2) is 5.82 Å². The molecule has 1 aromatic rings. The third-order valence-electron chi connectivity index (χ3n) is 3.28. The van der Waals surface area contributed by atoms with Crippen LogP contribution in [0.25, 0.3) is 0 Å². The Hall–Kier alpha value is -1.01. The average Bonchev–Trinajstić information content (AvgIpc) is 2.78. The summed E-state index contributed by atoms with van der Waals surface area (Å²) >= 11 is 0. The summed E-state index contributed by atoms with van der Waals surface area (Å²) in [5.41, 5.74) is 5.85. The van der Waals surface area contributed by atoms with Crippen molar-refractivity contribution in [2.45, 2.75) is 37.0 Å². The standard InChI is InChI=1S/C8H13N5O/c1-13-7(10-11-12-13)8(9)4-5-2-3-6(8)14-5/h5-6H,2-4,9H2,1H3. The largest absolute Gasteiger partial charge is 0.372 e.